The highest BCUT2D eigenvalue weighted by molar-refractivity contribution is 4.88. The zero-order valence-corrected chi connectivity index (χ0v) is 8.49. The van der Waals surface area contributed by atoms with Crippen molar-refractivity contribution < 1.29 is 24.9 Å². The van der Waals surface area contributed by atoms with Gasteiger partial charge in [-0.15, -0.1) is 0 Å². The van der Waals surface area contributed by atoms with Gasteiger partial charge in [0.05, 0.1) is 13.2 Å². The Morgan fingerprint density at radius 2 is 1.71 bits per heavy atom. The van der Waals surface area contributed by atoms with Gasteiger partial charge in [-0.1, -0.05) is 0 Å². The van der Waals surface area contributed by atoms with E-state index in [0.29, 0.717) is 0 Å². The molecule has 1 aliphatic heterocycles. The zero-order chi connectivity index (χ0) is 10.9. The first-order valence-corrected chi connectivity index (χ1v) is 4.45. The van der Waals surface area contributed by atoms with E-state index in [9.17, 15) is 15.3 Å². The lowest BCUT2D eigenvalue weighted by Gasteiger charge is -2.41. The van der Waals surface area contributed by atoms with E-state index in [-0.39, 0.29) is 0 Å². The van der Waals surface area contributed by atoms with Crippen molar-refractivity contribution in [3.63, 3.8) is 0 Å². The number of nitrogens with zero attached hydrogens (tertiary/aromatic N) is 1. The average molecular weight is 207 g/mol. The van der Waals surface area contributed by atoms with Crippen molar-refractivity contribution in [3.8, 4) is 0 Å². The molecule has 84 valence electrons. The minimum absolute atomic E-state index is 0.545. The van der Waals surface area contributed by atoms with Gasteiger partial charge in [0.1, 0.15) is 18.3 Å². The summed E-state index contributed by atoms with van der Waals surface area (Å²) in [6, 6.07) is 0. The molecule has 1 fully saturated rings. The van der Waals surface area contributed by atoms with Gasteiger partial charge in [-0.2, -0.15) is 5.06 Å². The van der Waals surface area contributed by atoms with Crippen LogP contribution in [0, 0.1) is 0 Å². The minimum Gasteiger partial charge on any atom is -0.388 e. The number of hydrogen-bond acceptors (Lipinski definition) is 6. The molecule has 0 aromatic heterocycles. The van der Waals surface area contributed by atoms with E-state index in [2.05, 4.69) is 0 Å². The summed E-state index contributed by atoms with van der Waals surface area (Å²) in [5.41, 5.74) is 0. The predicted molar refractivity (Wildman–Crippen MR) is 47.1 cm³/mol. The fourth-order valence-electron chi connectivity index (χ4n) is 1.43. The van der Waals surface area contributed by atoms with Gasteiger partial charge in [-0.25, -0.2) is 0 Å². The number of ether oxygens (including phenoxy) is 1. The Morgan fingerprint density at radius 3 is 2.21 bits per heavy atom. The second-order valence-electron chi connectivity index (χ2n) is 3.43. The summed E-state index contributed by atoms with van der Waals surface area (Å²) in [7, 11) is 3.00. The van der Waals surface area contributed by atoms with E-state index in [1.165, 1.54) is 12.2 Å². The van der Waals surface area contributed by atoms with Gasteiger partial charge in [0.15, 0.2) is 6.23 Å². The smallest absolute Gasteiger partial charge is 0.161 e. The number of hydrogen-bond donors (Lipinski definition) is 3. The predicted octanol–water partition coefficient (Wildman–Crippen LogP) is -1.69. The van der Waals surface area contributed by atoms with Crippen molar-refractivity contribution in [2.24, 2.45) is 0 Å². The maximum atomic E-state index is 9.57. The Bertz CT molecular complexity index is 191. The largest absolute Gasteiger partial charge is 0.388 e. The monoisotopic (exact) mass is 207 g/mol. The molecule has 1 aliphatic rings. The van der Waals surface area contributed by atoms with E-state index < -0.39 is 30.6 Å². The van der Waals surface area contributed by atoms with Crippen LogP contribution in [0.4, 0.5) is 0 Å². The zero-order valence-electron chi connectivity index (χ0n) is 8.49. The molecule has 3 N–H and O–H groups in total. The lowest BCUT2D eigenvalue weighted by Crippen LogP contribution is -2.60. The summed E-state index contributed by atoms with van der Waals surface area (Å²) in [5.74, 6) is 0. The van der Waals surface area contributed by atoms with Crippen LogP contribution in [0.25, 0.3) is 0 Å². The van der Waals surface area contributed by atoms with Gasteiger partial charge in [0.2, 0.25) is 0 Å². The summed E-state index contributed by atoms with van der Waals surface area (Å²) >= 11 is 0. The van der Waals surface area contributed by atoms with Crippen molar-refractivity contribution in [1.82, 2.24) is 5.06 Å². The van der Waals surface area contributed by atoms with Crippen LogP contribution in [-0.2, 0) is 9.57 Å². The highest BCUT2D eigenvalue weighted by Gasteiger charge is 2.43. The second-order valence-corrected chi connectivity index (χ2v) is 3.43. The molecule has 0 bridgehead atoms. The Balaban J connectivity index is 2.70. The van der Waals surface area contributed by atoms with Crippen LogP contribution in [0.3, 0.4) is 0 Å². The van der Waals surface area contributed by atoms with Crippen LogP contribution >= 0.6 is 0 Å². The first kappa shape index (κ1) is 11.8. The van der Waals surface area contributed by atoms with E-state index in [1.54, 1.807) is 14.0 Å². The summed E-state index contributed by atoms with van der Waals surface area (Å²) in [4.78, 5) is 4.85. The quantitative estimate of drug-likeness (QED) is 0.469. The molecule has 6 nitrogen and oxygen atoms in total. The van der Waals surface area contributed by atoms with Gasteiger partial charge in [-0.3, -0.25) is 4.84 Å². The van der Waals surface area contributed by atoms with Crippen LogP contribution in [0.5, 0.6) is 0 Å². The fraction of sp³-hybridized carbons (Fsp3) is 1.00. The van der Waals surface area contributed by atoms with E-state index in [1.807, 2.05) is 0 Å². The molecule has 6 heteroatoms. The first-order chi connectivity index (χ1) is 6.49. The van der Waals surface area contributed by atoms with Gasteiger partial charge < -0.3 is 20.1 Å². The maximum absolute atomic E-state index is 9.57. The Hall–Kier alpha value is -0.240. The Labute approximate surface area is 82.6 Å². The van der Waals surface area contributed by atoms with E-state index in [0.717, 1.165) is 0 Å². The molecule has 3 unspecified atom stereocenters. The van der Waals surface area contributed by atoms with Gasteiger partial charge in [0.25, 0.3) is 0 Å². The number of likely N-dealkylation sites (N-methyl/N-ethyl adjacent to an activating group) is 1. The average Bonchev–Trinajstić information content (AvgIpc) is 2.19. The topological polar surface area (TPSA) is 82.4 Å². The number of rotatable bonds is 2. The van der Waals surface area contributed by atoms with E-state index in [4.69, 9.17) is 9.57 Å². The van der Waals surface area contributed by atoms with Crippen LogP contribution < -0.4 is 0 Å². The molecular weight excluding hydrogens is 190 g/mol. The minimum atomic E-state index is -1.22. The van der Waals surface area contributed by atoms with Crippen molar-refractivity contribution >= 4 is 0 Å². The summed E-state index contributed by atoms with van der Waals surface area (Å²) in [6.07, 6.45) is -4.80. The van der Waals surface area contributed by atoms with Gasteiger partial charge in [0, 0.05) is 7.05 Å². The highest BCUT2D eigenvalue weighted by Crippen LogP contribution is 2.22. The molecule has 5 atom stereocenters. The third-order valence-electron chi connectivity index (χ3n) is 2.47. The van der Waals surface area contributed by atoms with Crippen LogP contribution in [0.2, 0.25) is 0 Å². The second kappa shape index (κ2) is 4.52. The van der Waals surface area contributed by atoms with Crippen molar-refractivity contribution in [1.29, 1.82) is 0 Å². The third-order valence-corrected chi connectivity index (χ3v) is 2.47. The Morgan fingerprint density at radius 1 is 1.14 bits per heavy atom. The summed E-state index contributed by atoms with van der Waals surface area (Å²) in [6.45, 7) is 1.62. The standard InChI is InChI=1S/C8H17NO5/c1-4-5(10)6(11)7(12)8(14-4)9(2)13-3/h4-8,10-12H,1-3H3/t4?,5-,6?,7?,8-/m1/s1. The summed E-state index contributed by atoms with van der Waals surface area (Å²) in [5, 5.41) is 29.7. The SMILES string of the molecule is CON(C)[C@@H]1OC(C)[C@@H](O)C(O)C1O. The molecule has 1 rings (SSSR count). The Kier molecular flexibility index (Phi) is 3.82. The molecule has 0 aromatic carbocycles. The van der Waals surface area contributed by atoms with Crippen LogP contribution in [0.15, 0.2) is 0 Å². The molecule has 0 radical (unpaired) electrons. The van der Waals surface area contributed by atoms with Gasteiger partial charge in [-0.05, 0) is 6.92 Å². The van der Waals surface area contributed by atoms with E-state index >= 15 is 0 Å². The third kappa shape index (κ3) is 2.05. The molecule has 0 amide bonds. The van der Waals surface area contributed by atoms with Crippen LogP contribution in [-0.4, -0.2) is 65.2 Å². The molecule has 0 aromatic rings. The lowest BCUT2D eigenvalue weighted by molar-refractivity contribution is -0.314. The molecular formula is C8H17NO5. The molecule has 14 heavy (non-hydrogen) atoms. The van der Waals surface area contributed by atoms with Crippen LogP contribution in [0.1, 0.15) is 6.92 Å². The molecule has 0 saturated carbocycles. The van der Waals surface area contributed by atoms with Crippen molar-refractivity contribution in [2.45, 2.75) is 37.6 Å². The fourth-order valence-corrected chi connectivity index (χ4v) is 1.43. The van der Waals surface area contributed by atoms with Gasteiger partial charge >= 0.3 is 0 Å². The number of aliphatic hydroxyl groups is 3. The number of hydroxylamine groups is 2. The summed E-state index contributed by atoms with van der Waals surface area (Å²) < 4.78 is 5.27. The number of aliphatic hydroxyl groups excluding tert-OH is 3. The molecule has 1 saturated heterocycles. The molecule has 0 aliphatic carbocycles. The molecule has 0 spiro atoms. The highest BCUT2D eigenvalue weighted by atomic mass is 16.7. The maximum Gasteiger partial charge on any atom is 0.161 e. The van der Waals surface area contributed by atoms with Crippen molar-refractivity contribution in [2.75, 3.05) is 14.2 Å². The normalized spacial score (nSPS) is 44.4. The van der Waals surface area contributed by atoms with Crippen molar-refractivity contribution in [3.05, 3.63) is 0 Å². The first-order valence-electron chi connectivity index (χ1n) is 4.45. The lowest BCUT2D eigenvalue weighted by atomic mass is 9.99. The molecule has 1 heterocycles.